The molecule has 1 aromatic carbocycles. The number of carboxylic acids is 1. The van der Waals surface area contributed by atoms with Crippen molar-refractivity contribution < 1.29 is 23.9 Å². The molecular formula is C14H17FN2O4. The topological polar surface area (TPSA) is 95.5 Å². The predicted molar refractivity (Wildman–Crippen MR) is 73.2 cm³/mol. The minimum Gasteiger partial charge on any atom is -0.481 e. The molecule has 7 heteroatoms. The molecule has 0 fully saturated rings. The third-order valence-corrected chi connectivity index (χ3v) is 2.64. The zero-order chi connectivity index (χ0) is 15.7. The van der Waals surface area contributed by atoms with Crippen LogP contribution in [0.25, 0.3) is 0 Å². The van der Waals surface area contributed by atoms with Gasteiger partial charge in [0.1, 0.15) is 5.82 Å². The number of halogens is 1. The van der Waals surface area contributed by atoms with Crippen molar-refractivity contribution in [2.45, 2.75) is 19.3 Å². The van der Waals surface area contributed by atoms with Crippen LogP contribution in [0.15, 0.2) is 24.3 Å². The summed E-state index contributed by atoms with van der Waals surface area (Å²) in [5.41, 5.74) is 0.143. The molecule has 0 spiro atoms. The molecule has 2 amide bonds. The second-order valence-corrected chi connectivity index (χ2v) is 4.39. The van der Waals surface area contributed by atoms with E-state index in [2.05, 4.69) is 10.6 Å². The quantitative estimate of drug-likeness (QED) is 0.622. The molecule has 0 aliphatic carbocycles. The first kappa shape index (κ1) is 16.6. The van der Waals surface area contributed by atoms with Crippen LogP contribution < -0.4 is 10.6 Å². The van der Waals surface area contributed by atoms with Crippen LogP contribution >= 0.6 is 0 Å². The molecule has 1 aromatic rings. The number of carbonyl (C=O) groups excluding carboxylic acids is 2. The number of amides is 2. The SMILES string of the molecule is O=C(O)CCCCNC(=O)CNC(=O)c1cccc(F)c1. The molecule has 0 aliphatic heterocycles. The third kappa shape index (κ3) is 7.05. The Morgan fingerprint density at radius 1 is 1.14 bits per heavy atom. The summed E-state index contributed by atoms with van der Waals surface area (Å²) in [7, 11) is 0. The van der Waals surface area contributed by atoms with Crippen LogP contribution in [0.2, 0.25) is 0 Å². The summed E-state index contributed by atoms with van der Waals surface area (Å²) in [6.45, 7) is 0.135. The van der Waals surface area contributed by atoms with E-state index in [9.17, 15) is 18.8 Å². The fraction of sp³-hybridized carbons (Fsp3) is 0.357. The lowest BCUT2D eigenvalue weighted by Gasteiger charge is -2.06. The smallest absolute Gasteiger partial charge is 0.303 e. The van der Waals surface area contributed by atoms with Gasteiger partial charge in [-0.15, -0.1) is 0 Å². The number of nitrogens with one attached hydrogen (secondary N) is 2. The summed E-state index contributed by atoms with van der Waals surface area (Å²) in [6, 6.07) is 5.16. The maximum atomic E-state index is 12.9. The zero-order valence-electron chi connectivity index (χ0n) is 11.4. The van der Waals surface area contributed by atoms with Crippen molar-refractivity contribution in [3.63, 3.8) is 0 Å². The lowest BCUT2D eigenvalue weighted by Crippen LogP contribution is -2.37. The molecule has 3 N–H and O–H groups in total. The fourth-order valence-corrected chi connectivity index (χ4v) is 1.58. The Kier molecular flexibility index (Phi) is 6.86. The van der Waals surface area contributed by atoms with Crippen molar-refractivity contribution in [3.8, 4) is 0 Å². The van der Waals surface area contributed by atoms with E-state index in [0.29, 0.717) is 19.4 Å². The maximum Gasteiger partial charge on any atom is 0.303 e. The molecule has 0 bridgehead atoms. The highest BCUT2D eigenvalue weighted by Gasteiger charge is 2.08. The van der Waals surface area contributed by atoms with Crippen molar-refractivity contribution in [1.82, 2.24) is 10.6 Å². The number of hydrogen-bond donors (Lipinski definition) is 3. The van der Waals surface area contributed by atoms with Gasteiger partial charge in [0.2, 0.25) is 5.91 Å². The highest BCUT2D eigenvalue weighted by Crippen LogP contribution is 2.02. The first-order valence-corrected chi connectivity index (χ1v) is 6.51. The van der Waals surface area contributed by atoms with E-state index in [-0.39, 0.29) is 24.4 Å². The van der Waals surface area contributed by atoms with Gasteiger partial charge in [-0.2, -0.15) is 0 Å². The Bertz CT molecular complexity index is 519. The van der Waals surface area contributed by atoms with Gasteiger partial charge in [0.15, 0.2) is 0 Å². The lowest BCUT2D eigenvalue weighted by molar-refractivity contribution is -0.137. The minimum atomic E-state index is -0.872. The molecule has 0 saturated carbocycles. The average molecular weight is 296 g/mol. The third-order valence-electron chi connectivity index (χ3n) is 2.64. The Hall–Kier alpha value is -2.44. The number of carbonyl (C=O) groups is 3. The number of rotatable bonds is 8. The van der Waals surface area contributed by atoms with E-state index in [4.69, 9.17) is 5.11 Å². The van der Waals surface area contributed by atoms with Gasteiger partial charge in [-0.25, -0.2) is 4.39 Å². The number of aliphatic carboxylic acids is 1. The molecule has 0 unspecified atom stereocenters. The van der Waals surface area contributed by atoms with E-state index in [1.807, 2.05) is 0 Å². The summed E-state index contributed by atoms with van der Waals surface area (Å²) in [5.74, 6) is -2.31. The predicted octanol–water partition coefficient (Wildman–Crippen LogP) is 0.927. The molecule has 0 heterocycles. The number of hydrogen-bond acceptors (Lipinski definition) is 3. The molecule has 21 heavy (non-hydrogen) atoms. The van der Waals surface area contributed by atoms with Gasteiger partial charge in [0.05, 0.1) is 6.54 Å². The van der Waals surface area contributed by atoms with Crippen molar-refractivity contribution in [2.75, 3.05) is 13.1 Å². The van der Waals surface area contributed by atoms with Gasteiger partial charge in [-0.1, -0.05) is 6.07 Å². The number of carboxylic acid groups (broad SMARTS) is 1. The Morgan fingerprint density at radius 3 is 2.57 bits per heavy atom. The summed E-state index contributed by atoms with van der Waals surface area (Å²) in [6.07, 6.45) is 1.09. The molecule has 0 atom stereocenters. The van der Waals surface area contributed by atoms with Gasteiger partial charge >= 0.3 is 5.97 Å². The Labute approximate surface area is 121 Å². The second kappa shape index (κ2) is 8.68. The first-order chi connectivity index (χ1) is 9.99. The summed E-state index contributed by atoms with van der Waals surface area (Å²) >= 11 is 0. The molecule has 0 radical (unpaired) electrons. The van der Waals surface area contributed by atoms with Gasteiger partial charge < -0.3 is 15.7 Å². The average Bonchev–Trinajstić information content (AvgIpc) is 2.44. The normalized spacial score (nSPS) is 9.95. The lowest BCUT2D eigenvalue weighted by atomic mass is 10.2. The summed E-state index contributed by atoms with van der Waals surface area (Å²) in [5, 5.41) is 13.4. The van der Waals surface area contributed by atoms with Crippen LogP contribution in [-0.4, -0.2) is 36.0 Å². The van der Waals surface area contributed by atoms with E-state index >= 15 is 0 Å². The summed E-state index contributed by atoms with van der Waals surface area (Å²) < 4.78 is 12.9. The van der Waals surface area contributed by atoms with E-state index in [1.54, 1.807) is 0 Å². The highest BCUT2D eigenvalue weighted by molar-refractivity contribution is 5.96. The van der Waals surface area contributed by atoms with Crippen LogP contribution in [0.5, 0.6) is 0 Å². The van der Waals surface area contributed by atoms with Crippen LogP contribution in [0.1, 0.15) is 29.6 Å². The van der Waals surface area contributed by atoms with Crippen molar-refractivity contribution in [1.29, 1.82) is 0 Å². The Balaban J connectivity index is 2.21. The van der Waals surface area contributed by atoms with Gasteiger partial charge in [0.25, 0.3) is 5.91 Å². The van der Waals surface area contributed by atoms with Gasteiger partial charge in [-0.05, 0) is 31.0 Å². The highest BCUT2D eigenvalue weighted by atomic mass is 19.1. The van der Waals surface area contributed by atoms with Gasteiger partial charge in [-0.3, -0.25) is 14.4 Å². The first-order valence-electron chi connectivity index (χ1n) is 6.51. The molecule has 0 aliphatic rings. The zero-order valence-corrected chi connectivity index (χ0v) is 11.4. The van der Waals surface area contributed by atoms with Gasteiger partial charge in [0, 0.05) is 18.5 Å². The fourth-order valence-electron chi connectivity index (χ4n) is 1.58. The largest absolute Gasteiger partial charge is 0.481 e. The van der Waals surface area contributed by atoms with Crippen LogP contribution in [0, 0.1) is 5.82 Å². The number of benzene rings is 1. The molecule has 114 valence electrons. The van der Waals surface area contributed by atoms with Crippen molar-refractivity contribution >= 4 is 17.8 Å². The molecule has 1 rings (SSSR count). The minimum absolute atomic E-state index is 0.0617. The van der Waals surface area contributed by atoms with Crippen LogP contribution in [-0.2, 0) is 9.59 Å². The van der Waals surface area contributed by atoms with E-state index in [1.165, 1.54) is 18.2 Å². The number of unbranched alkanes of at least 4 members (excludes halogenated alkanes) is 1. The molecule has 0 saturated heterocycles. The second-order valence-electron chi connectivity index (χ2n) is 4.39. The van der Waals surface area contributed by atoms with Crippen LogP contribution in [0.4, 0.5) is 4.39 Å². The molecular weight excluding hydrogens is 279 g/mol. The monoisotopic (exact) mass is 296 g/mol. The summed E-state index contributed by atoms with van der Waals surface area (Å²) in [4.78, 5) is 33.3. The van der Waals surface area contributed by atoms with E-state index < -0.39 is 17.7 Å². The van der Waals surface area contributed by atoms with E-state index in [0.717, 1.165) is 6.07 Å². The Morgan fingerprint density at radius 2 is 1.90 bits per heavy atom. The van der Waals surface area contributed by atoms with Crippen molar-refractivity contribution in [3.05, 3.63) is 35.6 Å². The molecule has 0 aromatic heterocycles. The maximum absolute atomic E-state index is 12.9. The molecule has 6 nitrogen and oxygen atoms in total. The standard InChI is InChI=1S/C14H17FN2O4/c15-11-5-3-4-10(8-11)14(21)17-9-12(18)16-7-2-1-6-13(19)20/h3-5,8H,1-2,6-7,9H2,(H,16,18)(H,17,21)(H,19,20). The van der Waals surface area contributed by atoms with Crippen molar-refractivity contribution in [2.24, 2.45) is 0 Å². The van der Waals surface area contributed by atoms with Crippen LogP contribution in [0.3, 0.4) is 0 Å².